The van der Waals surface area contributed by atoms with E-state index in [1.807, 2.05) is 64.6 Å². The summed E-state index contributed by atoms with van der Waals surface area (Å²) in [6.45, 7) is 23.9. The minimum Gasteiger partial charge on any atom is -0.480 e. The number of aliphatic carboxylic acids is 1. The highest BCUT2D eigenvalue weighted by atomic mass is 33.1. The number of carbonyl (C=O) groups excluding carboxylic acids is 16. The van der Waals surface area contributed by atoms with Gasteiger partial charge in [0.25, 0.3) is 5.91 Å². The van der Waals surface area contributed by atoms with Gasteiger partial charge in [-0.05, 0) is 118 Å². The number of amides is 6. The molecule has 2 unspecified atom stereocenters. The highest BCUT2D eigenvalue weighted by Gasteiger charge is 2.22. The van der Waals surface area contributed by atoms with Crippen molar-refractivity contribution in [3.8, 4) is 0 Å². The van der Waals surface area contributed by atoms with Gasteiger partial charge < -0.3 is 39.4 Å². The maximum Gasteiger partial charge on any atom is 0.373 e. The van der Waals surface area contributed by atoms with Gasteiger partial charge in [-0.15, -0.1) is 18.9 Å². The quantitative estimate of drug-likeness (QED) is 0.0733. The van der Waals surface area contributed by atoms with Gasteiger partial charge in [-0.3, -0.25) is 28.8 Å². The van der Waals surface area contributed by atoms with E-state index in [0.717, 1.165) is 75.7 Å². The number of unbranched alkanes of at least 4 members (excludes halogenated alkanes) is 2. The number of allylic oxidation sites excluding steroid dienone is 1. The molecule has 0 bridgehead atoms. The van der Waals surface area contributed by atoms with Gasteiger partial charge in [0.05, 0.1) is 0 Å². The van der Waals surface area contributed by atoms with Gasteiger partial charge in [-0.1, -0.05) is 100 Å². The second-order valence-electron chi connectivity index (χ2n) is 17.8. The zero-order valence-electron chi connectivity index (χ0n) is 54.2. The summed E-state index contributed by atoms with van der Waals surface area (Å²) in [6.07, 6.45) is 18.5. The monoisotopic (exact) mass is 1420 g/mol. The largest absolute Gasteiger partial charge is 0.480 e. The molecule has 33 heteroatoms. The van der Waals surface area contributed by atoms with E-state index in [1.54, 1.807) is 83.9 Å². The summed E-state index contributed by atoms with van der Waals surface area (Å²) in [6, 6.07) is -0.811. The molecule has 1 heterocycles. The first-order chi connectivity index (χ1) is 40.4. The summed E-state index contributed by atoms with van der Waals surface area (Å²) in [5, 5.41) is 8.84. The molecule has 3 atom stereocenters. The molecule has 1 aliphatic heterocycles. The third-order valence-electron chi connectivity index (χ3n) is 10.5. The summed E-state index contributed by atoms with van der Waals surface area (Å²) in [7, 11) is 20.1. The first kappa shape index (κ1) is 112. The van der Waals surface area contributed by atoms with E-state index in [9.17, 15) is 33.6 Å². The SMILES string of the molecule is C.C.C=C1C=CC(=O)N1CCCCCC(=O)N(C)[C@@H](C)C(=O)O.CC(=O)N(C)CCCS(C)=S.CC(=O)N(C)CCS(C)=S.CCN(C)C.CCN(C)C(=O)CCC(C)(C)SSC.CCN(C)C(=O)CCSSC.O=C=O.O=C=O.O=C=O.O=C=O.O=C=O. The van der Waals surface area contributed by atoms with E-state index in [1.165, 1.54) is 24.9 Å². The van der Waals surface area contributed by atoms with Crippen molar-refractivity contribution in [1.29, 1.82) is 0 Å². The molecule has 0 aromatic carbocycles. The van der Waals surface area contributed by atoms with Gasteiger partial charge in [0.2, 0.25) is 29.5 Å². The average Bonchev–Trinajstić information content (AvgIpc) is 3.77. The molecule has 0 spiro atoms. The van der Waals surface area contributed by atoms with Crippen LogP contribution in [0.3, 0.4) is 0 Å². The Hall–Kier alpha value is -4.83. The van der Waals surface area contributed by atoms with Crippen LogP contribution < -0.4 is 0 Å². The molecule has 0 fully saturated rings. The third-order valence-corrected chi connectivity index (χ3v) is 17.7. The second-order valence-corrected chi connectivity index (χ2v) is 30.1. The normalized spacial score (nSPS) is 10.6. The van der Waals surface area contributed by atoms with Gasteiger partial charge in [0.1, 0.15) is 6.04 Å². The van der Waals surface area contributed by atoms with E-state index in [4.69, 9.17) is 75.4 Å². The van der Waals surface area contributed by atoms with Crippen molar-refractivity contribution < 1.29 is 86.6 Å². The molecule has 0 aromatic rings. The van der Waals surface area contributed by atoms with Gasteiger partial charge in [-0.2, -0.15) is 47.9 Å². The number of nitrogens with zero attached hydrogens (tertiary/aromatic N) is 7. The summed E-state index contributed by atoms with van der Waals surface area (Å²) in [5.41, 5.74) is 0.700. The van der Waals surface area contributed by atoms with Crippen molar-refractivity contribution in [1.82, 2.24) is 34.3 Å². The van der Waals surface area contributed by atoms with Crippen LogP contribution in [0.5, 0.6) is 0 Å². The zero-order valence-corrected chi connectivity index (χ0v) is 60.8. The van der Waals surface area contributed by atoms with E-state index in [2.05, 4.69) is 52.6 Å². The first-order valence-electron chi connectivity index (χ1n) is 26.1. The predicted octanol–water partition coefficient (Wildman–Crippen LogP) is 5.95. The Morgan fingerprint density at radius 1 is 0.618 bits per heavy atom. The maximum atomic E-state index is 11.8. The standard InChI is InChI=1S/C15H22N2O4.C10H21NOS2.2C7H15NOS2.C6H13NOS2.C4H11N.5CO2.2CH4/c1-11-8-9-14(19)17(11)10-6-4-5-7-13(18)16(3)12(2)15(20)21;1-6-11(4)9(12)7-8-10(2,3)14-13-5;1-7(9)8(2)5-4-6-11(3)10;1-4-8(2)7(9)5-6-11-10-3;1-6(8)7(2)4-5-10(3)9;1-4-5(2)3;5*2-1-3;;/h8-9,12H,1,4-7,10H2,2-3H3,(H,20,21);6-8H2,1-5H3;2*4-6H2,1-3H3;4-5H2,1-3H3;4H2,1-3H3;;;;;;2*1H4/t12-;;;;;;;;;;;;/m0............/s1. The summed E-state index contributed by atoms with van der Waals surface area (Å²) in [5.74, 6) is 2.41. The van der Waals surface area contributed by atoms with Gasteiger partial charge in [0.15, 0.2) is 0 Å². The summed E-state index contributed by atoms with van der Waals surface area (Å²) >= 11 is 9.99. The lowest BCUT2D eigenvalue weighted by atomic mass is 10.1. The molecular formula is C56H105N7O18S8. The molecule has 0 radical (unpaired) electrons. The fourth-order valence-electron chi connectivity index (χ4n) is 4.73. The number of hydrogen-bond acceptors (Lipinski definition) is 24. The number of hydrogen-bond donors (Lipinski definition) is 1. The lowest BCUT2D eigenvalue weighted by molar-refractivity contribution is -0.193. The van der Waals surface area contributed by atoms with Gasteiger partial charge in [0, 0.05) is 129 Å². The number of rotatable bonds is 27. The Labute approximate surface area is 561 Å². The molecule has 0 saturated carbocycles. The van der Waals surface area contributed by atoms with Gasteiger partial charge in [-0.25, -0.2) is 4.79 Å². The Morgan fingerprint density at radius 3 is 1.33 bits per heavy atom. The highest BCUT2D eigenvalue weighted by molar-refractivity contribution is 8.77. The van der Waals surface area contributed by atoms with Crippen LogP contribution in [0.2, 0.25) is 0 Å². The van der Waals surface area contributed by atoms with Crippen molar-refractivity contribution in [3.05, 3.63) is 24.4 Å². The van der Waals surface area contributed by atoms with E-state index < -0.39 is 12.0 Å². The minimum absolute atomic E-state index is 0. The van der Waals surface area contributed by atoms with E-state index in [-0.39, 0.29) is 105 Å². The van der Waals surface area contributed by atoms with Crippen LogP contribution >= 0.6 is 43.2 Å². The zero-order chi connectivity index (χ0) is 70.7. The van der Waals surface area contributed by atoms with Crippen molar-refractivity contribution in [2.75, 3.05) is 131 Å². The minimum atomic E-state index is -1.01. The Kier molecular flexibility index (Phi) is 102. The van der Waals surface area contributed by atoms with Crippen LogP contribution in [-0.4, -0.2) is 253 Å². The molecule has 1 rings (SSSR count). The number of carboxylic acid groups (broad SMARTS) is 1. The van der Waals surface area contributed by atoms with Crippen molar-refractivity contribution >= 4 is 157 Å². The first-order valence-corrected chi connectivity index (χ1v) is 36.8. The molecule has 520 valence electrons. The molecule has 0 saturated heterocycles. The van der Waals surface area contributed by atoms with E-state index in [0.29, 0.717) is 37.9 Å². The number of carboxylic acids is 1. The fourth-order valence-corrected chi connectivity index (χ4v) is 9.79. The van der Waals surface area contributed by atoms with Crippen LogP contribution in [-0.2, 0) is 123 Å². The Bertz CT molecular complexity index is 2040. The summed E-state index contributed by atoms with van der Waals surface area (Å²) in [4.78, 5) is 171. The van der Waals surface area contributed by atoms with Crippen molar-refractivity contribution in [2.24, 2.45) is 0 Å². The molecular weight excluding hydrogens is 1320 g/mol. The third kappa shape index (κ3) is 94.4. The topological polar surface area (TPSA) is 333 Å². The molecule has 0 aliphatic carbocycles. The Balaban J connectivity index is -0.0000000783. The molecule has 89 heavy (non-hydrogen) atoms. The fraction of sp³-hybridized carbons (Fsp3) is 0.714. The van der Waals surface area contributed by atoms with Crippen LogP contribution in [0.1, 0.15) is 122 Å². The van der Waals surface area contributed by atoms with Gasteiger partial charge >= 0.3 is 36.7 Å². The van der Waals surface area contributed by atoms with Crippen LogP contribution in [0.25, 0.3) is 0 Å². The van der Waals surface area contributed by atoms with E-state index >= 15 is 0 Å². The maximum absolute atomic E-state index is 11.8. The molecule has 0 aromatic heterocycles. The lowest BCUT2D eigenvalue weighted by Gasteiger charge is -2.23. The van der Waals surface area contributed by atoms with Crippen molar-refractivity contribution in [2.45, 2.75) is 132 Å². The average molecular weight is 1420 g/mol. The molecule has 25 nitrogen and oxygen atoms in total. The second kappa shape index (κ2) is 81.2. The number of carbonyl (C=O) groups is 7. The summed E-state index contributed by atoms with van der Waals surface area (Å²) < 4.78 is 0.198. The predicted molar refractivity (Wildman–Crippen MR) is 365 cm³/mol. The highest BCUT2D eigenvalue weighted by Crippen LogP contribution is 2.37. The van der Waals surface area contributed by atoms with Crippen LogP contribution in [0.15, 0.2) is 24.4 Å². The molecule has 6 amide bonds. The lowest BCUT2D eigenvalue weighted by Crippen LogP contribution is -2.40. The molecule has 1 N–H and O–H groups in total. The van der Waals surface area contributed by atoms with Crippen LogP contribution in [0, 0.1) is 0 Å². The number of likely N-dealkylation sites (N-methyl/N-ethyl adjacent to an activating group) is 1. The smallest absolute Gasteiger partial charge is 0.373 e. The Morgan fingerprint density at radius 2 is 1.01 bits per heavy atom. The van der Waals surface area contributed by atoms with Crippen LogP contribution in [0.4, 0.5) is 0 Å². The van der Waals surface area contributed by atoms with Crippen molar-refractivity contribution in [3.63, 3.8) is 0 Å². The molecule has 1 aliphatic rings.